The highest BCUT2D eigenvalue weighted by Gasteiger charge is 2.41. The Morgan fingerprint density at radius 1 is 0.128 bits per heavy atom. The Morgan fingerprint density at radius 3 is 0.385 bits per heavy atom. The van der Waals surface area contributed by atoms with Crippen LogP contribution in [0.1, 0.15) is 66.8 Å². The van der Waals surface area contributed by atoms with Crippen LogP contribution in [0, 0.1) is 0 Å². The summed E-state index contributed by atoms with van der Waals surface area (Å²) < 4.78 is 0. The van der Waals surface area contributed by atoms with Crippen LogP contribution in [-0.2, 0) is 14.4 Å². The lowest BCUT2D eigenvalue weighted by atomic mass is 9.81. The zero-order chi connectivity index (χ0) is 52.5. The lowest BCUT2D eigenvalue weighted by Crippen LogP contribution is -2.03. The molecule has 13 rings (SSSR count). The summed E-state index contributed by atoms with van der Waals surface area (Å²) in [5.74, 6) is -0.288. The molecule has 0 atom stereocenters. The lowest BCUT2D eigenvalue weighted by molar-refractivity contribution is -0.109. The van der Waals surface area contributed by atoms with Crippen LogP contribution in [0.15, 0.2) is 291 Å². The molecule has 0 radical (unpaired) electrons. The van der Waals surface area contributed by atoms with Crippen LogP contribution in [-0.4, -0.2) is 17.3 Å². The highest BCUT2D eigenvalue weighted by atomic mass is 16.1. The van der Waals surface area contributed by atoms with Gasteiger partial charge in [-0.25, -0.2) is 0 Å². The minimum Gasteiger partial charge on any atom is -0.289 e. The fraction of sp³-hybridized carbons (Fsp3) is 0. The molecule has 0 saturated heterocycles. The van der Waals surface area contributed by atoms with Crippen molar-refractivity contribution in [2.45, 2.75) is 0 Å². The van der Waals surface area contributed by atoms with Crippen LogP contribution in [0.5, 0.6) is 0 Å². The van der Waals surface area contributed by atoms with Crippen LogP contribution >= 0.6 is 0 Å². The van der Waals surface area contributed by atoms with Gasteiger partial charge in [0.05, 0.1) is 0 Å². The van der Waals surface area contributed by atoms with E-state index in [0.717, 1.165) is 100 Å². The highest BCUT2D eigenvalue weighted by Crippen LogP contribution is 2.56. The summed E-state index contributed by atoms with van der Waals surface area (Å²) >= 11 is 0. The number of rotatable bonds is 12. The second-order valence-corrected chi connectivity index (χ2v) is 19.6. The molecule has 0 N–H and O–H groups in total. The molecule has 3 nitrogen and oxygen atoms in total. The van der Waals surface area contributed by atoms with E-state index in [1.165, 1.54) is 0 Å². The molecule has 0 aliphatic heterocycles. The highest BCUT2D eigenvalue weighted by molar-refractivity contribution is 6.61. The Kier molecular flexibility index (Phi) is 12.4. The van der Waals surface area contributed by atoms with Gasteiger partial charge < -0.3 is 0 Å². The molecule has 10 aromatic rings. The normalized spacial score (nSPS) is 14.7. The van der Waals surface area contributed by atoms with Crippen molar-refractivity contribution in [3.05, 3.63) is 358 Å². The summed E-state index contributed by atoms with van der Waals surface area (Å²) in [6.07, 6.45) is 0. The fourth-order valence-electron chi connectivity index (χ4n) is 11.7. The number of ketones is 3. The second-order valence-electron chi connectivity index (χ2n) is 19.6. The number of Topliss-reactive ketones (excluding diaryl/α,β-unsaturated/α-hetero) is 3. The standard InChI is InChI=1S/C75H48O3/c76-73-67(52-34-16-4-17-35-52)61(49-28-10-1-11-29-49)64(70(73)55-40-22-7-23-41-55)58-46-59(65-62(50-30-12-2-13-31-50)68(53-36-18-5-19-37-53)74(77)71(65)56-42-24-8-25-43-56)48-60(47-58)66-63(51-32-14-3-15-33-51)69(54-38-20-6-21-39-54)75(78)72(66)57-44-26-9-27-45-57/h1-48H. The molecule has 0 spiro atoms. The first-order chi connectivity index (χ1) is 38.5. The smallest absolute Gasteiger partial charge is 0.195 e. The van der Waals surface area contributed by atoms with Crippen LogP contribution in [0.4, 0.5) is 0 Å². The topological polar surface area (TPSA) is 51.2 Å². The van der Waals surface area contributed by atoms with E-state index in [0.29, 0.717) is 33.4 Å². The van der Waals surface area contributed by atoms with Crippen molar-refractivity contribution < 1.29 is 14.4 Å². The molecule has 0 fully saturated rings. The molecule has 0 bridgehead atoms. The first kappa shape index (κ1) is 47.4. The predicted molar refractivity (Wildman–Crippen MR) is 320 cm³/mol. The van der Waals surface area contributed by atoms with Gasteiger partial charge in [0.25, 0.3) is 0 Å². The first-order valence-electron chi connectivity index (χ1n) is 26.3. The van der Waals surface area contributed by atoms with Gasteiger partial charge in [-0.15, -0.1) is 0 Å². The van der Waals surface area contributed by atoms with Gasteiger partial charge >= 0.3 is 0 Å². The molecular weight excluding hydrogens is 949 g/mol. The number of hydrogen-bond donors (Lipinski definition) is 0. The maximum atomic E-state index is 16.0. The quantitative estimate of drug-likeness (QED) is 0.123. The summed E-state index contributed by atoms with van der Waals surface area (Å²) in [7, 11) is 0. The third-order valence-electron chi connectivity index (χ3n) is 15.0. The number of hydrogen-bond acceptors (Lipinski definition) is 3. The average molecular weight is 997 g/mol. The molecule has 0 unspecified atom stereocenters. The van der Waals surface area contributed by atoms with E-state index in [9.17, 15) is 0 Å². The lowest BCUT2D eigenvalue weighted by Gasteiger charge is -2.21. The van der Waals surface area contributed by atoms with E-state index < -0.39 is 0 Å². The van der Waals surface area contributed by atoms with Gasteiger partial charge in [0.2, 0.25) is 0 Å². The van der Waals surface area contributed by atoms with Gasteiger partial charge in [-0.3, -0.25) is 14.4 Å². The van der Waals surface area contributed by atoms with Crippen LogP contribution in [0.2, 0.25) is 0 Å². The Labute approximate surface area is 454 Å². The Hall–Kier alpha value is -10.4. The van der Waals surface area contributed by atoms with E-state index in [4.69, 9.17) is 0 Å². The van der Waals surface area contributed by atoms with Gasteiger partial charge in [0.1, 0.15) is 0 Å². The predicted octanol–water partition coefficient (Wildman–Crippen LogP) is 17.0. The number of benzene rings is 10. The second kappa shape index (κ2) is 20.4. The molecule has 3 heteroatoms. The maximum absolute atomic E-state index is 16.0. The monoisotopic (exact) mass is 996 g/mol. The molecular formula is C75H48O3. The molecule has 366 valence electrons. The molecule has 10 aromatic carbocycles. The van der Waals surface area contributed by atoms with E-state index >= 15 is 14.4 Å². The van der Waals surface area contributed by atoms with Crippen molar-refractivity contribution in [3.63, 3.8) is 0 Å². The summed E-state index contributed by atoms with van der Waals surface area (Å²) in [4.78, 5) is 47.9. The van der Waals surface area contributed by atoms with E-state index in [2.05, 4.69) is 54.6 Å². The minimum atomic E-state index is -0.0962. The van der Waals surface area contributed by atoms with Crippen molar-refractivity contribution in [1.82, 2.24) is 0 Å². The summed E-state index contributed by atoms with van der Waals surface area (Å²) in [5.41, 5.74) is 17.7. The molecule has 3 aliphatic carbocycles. The molecule has 0 heterocycles. The van der Waals surface area contributed by atoms with Crippen LogP contribution < -0.4 is 0 Å². The number of carbonyl (C=O) groups is 3. The zero-order valence-corrected chi connectivity index (χ0v) is 42.4. The van der Waals surface area contributed by atoms with Crippen molar-refractivity contribution in [3.8, 4) is 0 Å². The molecule has 78 heavy (non-hydrogen) atoms. The van der Waals surface area contributed by atoms with Crippen molar-refractivity contribution >= 4 is 84.2 Å². The van der Waals surface area contributed by atoms with Gasteiger partial charge in [0, 0.05) is 66.9 Å². The number of allylic oxidation sites excluding steroid dienone is 12. The SMILES string of the molecule is O=C1C(c2ccccc2)=C(c2ccccc2)C(c2cc(C3=C(c4ccccc4)C(=O)C(c4ccccc4)=C3c3ccccc3)cc(C3=C(c4ccccc4)C(=O)C(c4ccccc4)=C3c3ccccc3)c2)=C1c1ccccc1. The van der Waals surface area contributed by atoms with Crippen molar-refractivity contribution in [1.29, 1.82) is 0 Å². The van der Waals surface area contributed by atoms with E-state index in [1.54, 1.807) is 0 Å². The molecule has 3 aliphatic rings. The average Bonchev–Trinajstić information content (AvgIpc) is 4.34. The third-order valence-corrected chi connectivity index (χ3v) is 15.0. The van der Waals surface area contributed by atoms with Crippen LogP contribution in [0.3, 0.4) is 0 Å². The van der Waals surface area contributed by atoms with E-state index in [1.807, 2.05) is 237 Å². The third kappa shape index (κ3) is 8.32. The number of carbonyl (C=O) groups excluding carboxylic acids is 3. The summed E-state index contributed by atoms with van der Waals surface area (Å²) in [6, 6.07) is 96.7. The Balaban J connectivity index is 1.23. The molecule has 0 aromatic heterocycles. The zero-order valence-electron chi connectivity index (χ0n) is 42.4. The Bertz CT molecular complexity index is 3740. The fourth-order valence-corrected chi connectivity index (χ4v) is 11.7. The summed E-state index contributed by atoms with van der Waals surface area (Å²) in [5, 5.41) is 0. The van der Waals surface area contributed by atoms with Crippen LogP contribution in [0.25, 0.3) is 66.9 Å². The van der Waals surface area contributed by atoms with Gasteiger partial charge in [-0.2, -0.15) is 0 Å². The van der Waals surface area contributed by atoms with E-state index in [-0.39, 0.29) is 17.3 Å². The first-order valence-corrected chi connectivity index (χ1v) is 26.3. The van der Waals surface area contributed by atoms with Gasteiger partial charge in [-0.05, 0) is 85.0 Å². The molecule has 0 saturated carbocycles. The van der Waals surface area contributed by atoms with Gasteiger partial charge in [-0.1, -0.05) is 273 Å². The molecule has 0 amide bonds. The Morgan fingerprint density at radius 2 is 0.244 bits per heavy atom. The summed E-state index contributed by atoms with van der Waals surface area (Å²) in [6.45, 7) is 0. The van der Waals surface area contributed by atoms with Crippen molar-refractivity contribution in [2.24, 2.45) is 0 Å². The maximum Gasteiger partial charge on any atom is 0.195 e. The van der Waals surface area contributed by atoms with Crippen molar-refractivity contribution in [2.75, 3.05) is 0 Å². The minimum absolute atomic E-state index is 0.0962. The van der Waals surface area contributed by atoms with Gasteiger partial charge in [0.15, 0.2) is 17.3 Å². The largest absolute Gasteiger partial charge is 0.289 e.